The molecule has 0 heterocycles. The third kappa shape index (κ3) is 8.00. The molecule has 7 heteroatoms. The minimum absolute atomic E-state index is 0.00675. The van der Waals surface area contributed by atoms with E-state index in [4.69, 9.17) is 14.2 Å². The lowest BCUT2D eigenvalue weighted by atomic mass is 10.1. The highest BCUT2D eigenvalue weighted by atomic mass is 16.5. The maximum Gasteiger partial charge on any atom is 0.337 e. The van der Waals surface area contributed by atoms with Gasteiger partial charge in [0.25, 0.3) is 0 Å². The van der Waals surface area contributed by atoms with Gasteiger partial charge in [-0.15, -0.1) is 0 Å². The molecule has 0 saturated carbocycles. The number of esters is 1. The monoisotopic (exact) mass is 353 g/mol. The quantitative estimate of drug-likeness (QED) is 0.687. The van der Waals surface area contributed by atoms with Crippen molar-refractivity contribution in [3.8, 4) is 5.75 Å². The van der Waals surface area contributed by atoms with Gasteiger partial charge >= 0.3 is 5.97 Å². The molecule has 0 saturated heterocycles. The first kappa shape index (κ1) is 20.9. The van der Waals surface area contributed by atoms with Crippen molar-refractivity contribution in [1.29, 1.82) is 0 Å². The smallest absolute Gasteiger partial charge is 0.337 e. The topological polar surface area (TPSA) is 94.1 Å². The molecule has 0 aliphatic rings. The Kier molecular flexibility index (Phi) is 7.86. The lowest BCUT2D eigenvalue weighted by Gasteiger charge is -2.27. The first-order valence-corrected chi connectivity index (χ1v) is 8.01. The van der Waals surface area contributed by atoms with E-state index in [0.717, 1.165) is 5.56 Å². The molecule has 0 aliphatic carbocycles. The van der Waals surface area contributed by atoms with E-state index >= 15 is 0 Å². The van der Waals surface area contributed by atoms with Crippen LogP contribution in [0.5, 0.6) is 5.75 Å². The Bertz CT molecular complexity index is 564. The van der Waals surface area contributed by atoms with Crippen molar-refractivity contribution in [1.82, 2.24) is 5.32 Å². The molecule has 140 valence electrons. The van der Waals surface area contributed by atoms with E-state index in [-0.39, 0.29) is 19.1 Å². The zero-order chi connectivity index (χ0) is 19.0. The van der Waals surface area contributed by atoms with Crippen molar-refractivity contribution >= 4 is 11.9 Å². The summed E-state index contributed by atoms with van der Waals surface area (Å²) in [6.45, 7) is 6.82. The number of hydrogen-bond donors (Lipinski definition) is 2. The first-order valence-electron chi connectivity index (χ1n) is 8.01. The Hall–Kier alpha value is -2.12. The lowest BCUT2D eigenvalue weighted by molar-refractivity contribution is -0.159. The second kappa shape index (κ2) is 9.39. The number of amides is 1. The van der Waals surface area contributed by atoms with Crippen LogP contribution >= 0.6 is 0 Å². The summed E-state index contributed by atoms with van der Waals surface area (Å²) in [5.41, 5.74) is 0.284. The van der Waals surface area contributed by atoms with E-state index in [1.165, 1.54) is 6.92 Å². The van der Waals surface area contributed by atoms with Crippen molar-refractivity contribution in [2.24, 2.45) is 0 Å². The Balaban J connectivity index is 2.62. The van der Waals surface area contributed by atoms with E-state index in [1.54, 1.807) is 31.4 Å². The average molecular weight is 353 g/mol. The molecule has 0 aromatic heterocycles. The van der Waals surface area contributed by atoms with Gasteiger partial charge < -0.3 is 24.6 Å². The van der Waals surface area contributed by atoms with Gasteiger partial charge in [0.15, 0.2) is 6.10 Å². The van der Waals surface area contributed by atoms with Gasteiger partial charge in [-0.3, -0.25) is 4.79 Å². The second-order valence-corrected chi connectivity index (χ2v) is 6.63. The van der Waals surface area contributed by atoms with Gasteiger partial charge in [-0.2, -0.15) is 0 Å². The van der Waals surface area contributed by atoms with Crippen LogP contribution in [-0.2, 0) is 25.7 Å². The minimum atomic E-state index is -1.52. The Labute approximate surface area is 148 Å². The fourth-order valence-electron chi connectivity index (χ4n) is 1.94. The number of methoxy groups -OCH3 is 1. The molecular formula is C18H27NO6. The largest absolute Gasteiger partial charge is 0.497 e. The summed E-state index contributed by atoms with van der Waals surface area (Å²) in [6.07, 6.45) is -1.52. The van der Waals surface area contributed by atoms with Crippen molar-refractivity contribution in [3.63, 3.8) is 0 Å². The highest BCUT2D eigenvalue weighted by Gasteiger charge is 2.30. The average Bonchev–Trinajstić information content (AvgIpc) is 2.55. The molecule has 0 spiro atoms. The minimum Gasteiger partial charge on any atom is -0.497 e. The molecule has 1 amide bonds. The summed E-state index contributed by atoms with van der Waals surface area (Å²) in [7, 11) is 1.56. The van der Waals surface area contributed by atoms with Gasteiger partial charge in [0.2, 0.25) is 5.91 Å². The number of carbonyl (C=O) groups excluding carboxylic acids is 2. The van der Waals surface area contributed by atoms with Crippen molar-refractivity contribution in [2.75, 3.05) is 13.7 Å². The third-order valence-electron chi connectivity index (χ3n) is 3.25. The number of nitrogens with one attached hydrogen (secondary N) is 1. The SMILES string of the molecule is COc1ccc(COC(=O)[C@@H](O)[C@@H](COC(C)(C)C)NC(C)=O)cc1. The molecule has 7 nitrogen and oxygen atoms in total. The Morgan fingerprint density at radius 1 is 1.20 bits per heavy atom. The van der Waals surface area contributed by atoms with Crippen molar-refractivity contribution < 1.29 is 28.9 Å². The van der Waals surface area contributed by atoms with Gasteiger partial charge in [0.05, 0.1) is 25.4 Å². The number of aliphatic hydroxyl groups is 1. The van der Waals surface area contributed by atoms with Crippen LogP contribution in [0.3, 0.4) is 0 Å². The number of benzene rings is 1. The van der Waals surface area contributed by atoms with Crippen LogP contribution in [0.15, 0.2) is 24.3 Å². The van der Waals surface area contributed by atoms with E-state index in [0.29, 0.717) is 5.75 Å². The Morgan fingerprint density at radius 3 is 2.28 bits per heavy atom. The number of ether oxygens (including phenoxy) is 3. The van der Waals surface area contributed by atoms with Gasteiger partial charge in [-0.1, -0.05) is 12.1 Å². The molecule has 0 aliphatic heterocycles. The predicted octanol–water partition coefficient (Wildman–Crippen LogP) is 1.42. The maximum atomic E-state index is 12.1. The van der Waals surface area contributed by atoms with Gasteiger partial charge in [-0.25, -0.2) is 4.79 Å². The molecule has 25 heavy (non-hydrogen) atoms. The molecule has 0 unspecified atom stereocenters. The van der Waals surface area contributed by atoms with Crippen LogP contribution in [0.4, 0.5) is 0 Å². The number of aliphatic hydroxyl groups excluding tert-OH is 1. The van der Waals surface area contributed by atoms with E-state index < -0.39 is 23.7 Å². The van der Waals surface area contributed by atoms with E-state index in [9.17, 15) is 14.7 Å². The highest BCUT2D eigenvalue weighted by molar-refractivity contribution is 5.78. The van der Waals surface area contributed by atoms with E-state index in [2.05, 4.69) is 5.32 Å². The van der Waals surface area contributed by atoms with Crippen LogP contribution in [0.25, 0.3) is 0 Å². The molecule has 0 bridgehead atoms. The maximum absolute atomic E-state index is 12.1. The zero-order valence-corrected chi connectivity index (χ0v) is 15.4. The summed E-state index contributed by atoms with van der Waals surface area (Å²) < 4.78 is 15.7. The molecule has 0 fully saturated rings. The fourth-order valence-corrected chi connectivity index (χ4v) is 1.94. The highest BCUT2D eigenvalue weighted by Crippen LogP contribution is 2.13. The number of hydrogen-bond acceptors (Lipinski definition) is 6. The summed E-state index contributed by atoms with van der Waals surface area (Å²) in [6, 6.07) is 6.12. The van der Waals surface area contributed by atoms with Crippen molar-refractivity contribution in [3.05, 3.63) is 29.8 Å². The van der Waals surface area contributed by atoms with Gasteiger partial charge in [-0.05, 0) is 38.5 Å². The van der Waals surface area contributed by atoms with Gasteiger partial charge in [0.1, 0.15) is 12.4 Å². The number of rotatable bonds is 8. The molecular weight excluding hydrogens is 326 g/mol. The first-order chi connectivity index (χ1) is 11.6. The van der Waals surface area contributed by atoms with Crippen LogP contribution < -0.4 is 10.1 Å². The lowest BCUT2D eigenvalue weighted by Crippen LogP contribution is -2.50. The summed E-state index contributed by atoms with van der Waals surface area (Å²) in [5, 5.41) is 12.7. The molecule has 1 rings (SSSR count). The third-order valence-corrected chi connectivity index (χ3v) is 3.25. The van der Waals surface area contributed by atoms with Crippen LogP contribution in [0.2, 0.25) is 0 Å². The predicted molar refractivity (Wildman–Crippen MR) is 92.1 cm³/mol. The summed E-state index contributed by atoms with van der Waals surface area (Å²) in [5.74, 6) is -0.503. The Morgan fingerprint density at radius 2 is 1.80 bits per heavy atom. The van der Waals surface area contributed by atoms with E-state index in [1.807, 2.05) is 20.8 Å². The second-order valence-electron chi connectivity index (χ2n) is 6.63. The standard InChI is InChI=1S/C18H27NO6/c1-12(20)19-15(11-25-18(2,3)4)16(21)17(22)24-10-13-6-8-14(23-5)9-7-13/h6-9,15-16,21H,10-11H2,1-5H3,(H,19,20)/t15-,16+/m1/s1. The number of carbonyl (C=O) groups is 2. The summed E-state index contributed by atoms with van der Waals surface area (Å²) in [4.78, 5) is 23.4. The van der Waals surface area contributed by atoms with Crippen molar-refractivity contribution in [2.45, 2.75) is 52.0 Å². The normalized spacial score (nSPS) is 13.7. The van der Waals surface area contributed by atoms with Gasteiger partial charge in [0, 0.05) is 6.92 Å². The molecule has 1 aromatic rings. The van der Waals surface area contributed by atoms with Crippen LogP contribution in [0.1, 0.15) is 33.3 Å². The molecule has 2 atom stereocenters. The van der Waals surface area contributed by atoms with Crippen LogP contribution in [0, 0.1) is 0 Å². The zero-order valence-electron chi connectivity index (χ0n) is 15.4. The van der Waals surface area contributed by atoms with Crippen LogP contribution in [-0.4, -0.2) is 48.4 Å². The molecule has 1 aromatic carbocycles. The fraction of sp³-hybridized carbons (Fsp3) is 0.556. The molecule has 2 N–H and O–H groups in total. The molecule has 0 radical (unpaired) electrons. The summed E-state index contributed by atoms with van der Waals surface area (Å²) >= 11 is 0.